The predicted molar refractivity (Wildman–Crippen MR) is 60.5 cm³/mol. The summed E-state index contributed by atoms with van der Waals surface area (Å²) >= 11 is 5.59. The van der Waals surface area contributed by atoms with Gasteiger partial charge >= 0.3 is 0 Å². The van der Waals surface area contributed by atoms with Crippen molar-refractivity contribution in [3.63, 3.8) is 0 Å². The van der Waals surface area contributed by atoms with Gasteiger partial charge in [0.15, 0.2) is 11.5 Å². The minimum Gasteiger partial charge on any atom is -0.381 e. The molecule has 0 unspecified atom stereocenters. The van der Waals surface area contributed by atoms with Gasteiger partial charge in [-0.15, -0.1) is 0 Å². The van der Waals surface area contributed by atoms with Gasteiger partial charge < -0.3 is 10.1 Å². The van der Waals surface area contributed by atoms with E-state index in [1.54, 1.807) is 0 Å². The summed E-state index contributed by atoms with van der Waals surface area (Å²) in [5, 5.41) is 2.62. The Morgan fingerprint density at radius 1 is 1.53 bits per heavy atom. The van der Waals surface area contributed by atoms with Gasteiger partial charge in [-0.05, 0) is 18.9 Å². The lowest BCUT2D eigenvalue weighted by Crippen LogP contribution is -2.39. The Kier molecular flexibility index (Phi) is 3.91. The van der Waals surface area contributed by atoms with Gasteiger partial charge in [-0.2, -0.15) is 0 Å². The number of ether oxygens (including phenoxy) is 1. The highest BCUT2D eigenvalue weighted by Crippen LogP contribution is 2.16. The summed E-state index contributed by atoms with van der Waals surface area (Å²) in [5.74, 6) is -1.31. The summed E-state index contributed by atoms with van der Waals surface area (Å²) in [7, 11) is 0. The third-order valence-electron chi connectivity index (χ3n) is 2.61. The van der Waals surface area contributed by atoms with Crippen LogP contribution in [-0.2, 0) is 4.74 Å². The van der Waals surface area contributed by atoms with E-state index >= 15 is 0 Å². The van der Waals surface area contributed by atoms with E-state index in [2.05, 4.69) is 10.3 Å². The molecule has 1 N–H and O–H groups in total. The Hall–Kier alpha value is -1.20. The monoisotopic (exact) mass is 258 g/mol. The number of aromatic nitrogens is 1. The van der Waals surface area contributed by atoms with Crippen LogP contribution in [0.2, 0.25) is 5.02 Å². The average Bonchev–Trinajstić information content (AvgIpc) is 2.34. The van der Waals surface area contributed by atoms with Crippen molar-refractivity contribution in [2.75, 3.05) is 13.2 Å². The van der Waals surface area contributed by atoms with Crippen LogP contribution in [0.15, 0.2) is 12.3 Å². The molecule has 2 heterocycles. The topological polar surface area (TPSA) is 51.2 Å². The third-order valence-corrected chi connectivity index (χ3v) is 2.91. The number of hydrogen-bond acceptors (Lipinski definition) is 3. The lowest BCUT2D eigenvalue weighted by atomic mass is 10.1. The Bertz CT molecular complexity index is 422. The van der Waals surface area contributed by atoms with Crippen LogP contribution in [0.5, 0.6) is 0 Å². The Morgan fingerprint density at radius 2 is 2.24 bits per heavy atom. The summed E-state index contributed by atoms with van der Waals surface area (Å²) in [5.41, 5.74) is -0.260. The van der Waals surface area contributed by atoms with Crippen molar-refractivity contribution < 1.29 is 13.9 Å². The Morgan fingerprint density at radius 3 is 2.94 bits per heavy atom. The van der Waals surface area contributed by atoms with Crippen LogP contribution in [0.4, 0.5) is 4.39 Å². The molecule has 1 aliphatic heterocycles. The predicted octanol–water partition coefficient (Wildman–Crippen LogP) is 1.78. The lowest BCUT2D eigenvalue weighted by Gasteiger charge is -2.22. The number of pyridine rings is 1. The van der Waals surface area contributed by atoms with Gasteiger partial charge in [0.1, 0.15) is 0 Å². The van der Waals surface area contributed by atoms with E-state index in [1.165, 1.54) is 12.3 Å². The van der Waals surface area contributed by atoms with Crippen LogP contribution in [-0.4, -0.2) is 30.1 Å². The maximum absolute atomic E-state index is 13.5. The van der Waals surface area contributed by atoms with Crippen molar-refractivity contribution >= 4 is 17.5 Å². The van der Waals surface area contributed by atoms with Crippen LogP contribution in [0.1, 0.15) is 23.3 Å². The normalized spacial score (nSPS) is 16.8. The molecule has 0 atom stereocenters. The van der Waals surface area contributed by atoms with Crippen LogP contribution >= 0.6 is 11.6 Å². The number of carbonyl (C=O) groups excluding carboxylic acids is 1. The summed E-state index contributed by atoms with van der Waals surface area (Å²) in [6.45, 7) is 1.22. The van der Waals surface area contributed by atoms with E-state index in [1.807, 2.05) is 0 Å². The van der Waals surface area contributed by atoms with E-state index in [0.717, 1.165) is 12.8 Å². The van der Waals surface area contributed by atoms with Gasteiger partial charge in [-0.25, -0.2) is 9.37 Å². The second kappa shape index (κ2) is 5.42. The fourth-order valence-corrected chi connectivity index (χ4v) is 1.82. The summed E-state index contributed by atoms with van der Waals surface area (Å²) in [4.78, 5) is 15.5. The molecule has 0 bridgehead atoms. The summed E-state index contributed by atoms with van der Waals surface area (Å²) in [6.07, 6.45) is 2.77. The van der Waals surface area contributed by atoms with Crippen molar-refractivity contribution in [1.29, 1.82) is 0 Å². The highest BCUT2D eigenvalue weighted by Gasteiger charge is 2.21. The van der Waals surface area contributed by atoms with Crippen molar-refractivity contribution in [1.82, 2.24) is 10.3 Å². The number of hydrogen-bond donors (Lipinski definition) is 1. The van der Waals surface area contributed by atoms with E-state index < -0.39 is 11.7 Å². The molecular formula is C11H12ClFN2O2. The molecule has 1 aromatic heterocycles. The zero-order chi connectivity index (χ0) is 12.3. The van der Waals surface area contributed by atoms with Gasteiger partial charge in [0.25, 0.3) is 5.91 Å². The van der Waals surface area contributed by atoms with Crippen LogP contribution in [0.3, 0.4) is 0 Å². The van der Waals surface area contributed by atoms with E-state index in [0.29, 0.717) is 13.2 Å². The van der Waals surface area contributed by atoms with Crippen molar-refractivity contribution in [3.8, 4) is 0 Å². The van der Waals surface area contributed by atoms with Crippen molar-refractivity contribution in [3.05, 3.63) is 28.8 Å². The zero-order valence-corrected chi connectivity index (χ0v) is 9.84. The van der Waals surface area contributed by atoms with Gasteiger partial charge in [0.2, 0.25) is 0 Å². The molecule has 92 valence electrons. The first-order valence-electron chi connectivity index (χ1n) is 5.37. The first-order chi connectivity index (χ1) is 8.18. The first kappa shape index (κ1) is 12.3. The molecule has 0 spiro atoms. The fraction of sp³-hybridized carbons (Fsp3) is 0.455. The summed E-state index contributed by atoms with van der Waals surface area (Å²) in [6, 6.07) is 1.32. The summed E-state index contributed by atoms with van der Waals surface area (Å²) < 4.78 is 18.7. The highest BCUT2D eigenvalue weighted by molar-refractivity contribution is 6.31. The largest absolute Gasteiger partial charge is 0.381 e. The maximum atomic E-state index is 13.5. The first-order valence-corrected chi connectivity index (χ1v) is 5.75. The Balaban J connectivity index is 2.06. The number of nitrogens with one attached hydrogen (secondary N) is 1. The van der Waals surface area contributed by atoms with Crippen LogP contribution in [0.25, 0.3) is 0 Å². The molecule has 4 nitrogen and oxygen atoms in total. The maximum Gasteiger partial charge on any atom is 0.273 e. The number of nitrogens with zero attached hydrogens (tertiary/aromatic N) is 1. The van der Waals surface area contributed by atoms with Gasteiger partial charge in [0.05, 0.1) is 5.02 Å². The molecule has 1 aliphatic rings. The third kappa shape index (κ3) is 2.92. The van der Waals surface area contributed by atoms with Gasteiger partial charge in [-0.1, -0.05) is 11.6 Å². The molecular weight excluding hydrogens is 247 g/mol. The molecule has 17 heavy (non-hydrogen) atoms. The second-order valence-electron chi connectivity index (χ2n) is 3.82. The number of amides is 1. The molecule has 0 aromatic carbocycles. The van der Waals surface area contributed by atoms with E-state index in [9.17, 15) is 9.18 Å². The smallest absolute Gasteiger partial charge is 0.273 e. The molecule has 0 aliphatic carbocycles. The van der Waals surface area contributed by atoms with E-state index in [-0.39, 0.29) is 16.8 Å². The van der Waals surface area contributed by atoms with Gasteiger partial charge in [0, 0.05) is 25.5 Å². The molecule has 1 fully saturated rings. The number of rotatable bonds is 2. The average molecular weight is 259 g/mol. The molecule has 0 radical (unpaired) electrons. The van der Waals surface area contributed by atoms with Crippen LogP contribution in [0, 0.1) is 5.82 Å². The molecule has 1 saturated heterocycles. The van der Waals surface area contributed by atoms with Gasteiger partial charge in [-0.3, -0.25) is 4.79 Å². The zero-order valence-electron chi connectivity index (χ0n) is 9.08. The number of halogens is 2. The molecule has 1 aromatic rings. The minimum absolute atomic E-state index is 0.0106. The standard InChI is InChI=1S/C11H12ClFN2O2/c12-8-1-4-14-10(9(8)13)11(16)15-7-2-5-17-6-3-7/h1,4,7H,2-3,5-6H2,(H,15,16). The second-order valence-corrected chi connectivity index (χ2v) is 4.22. The molecule has 1 amide bonds. The van der Waals surface area contributed by atoms with Crippen molar-refractivity contribution in [2.24, 2.45) is 0 Å². The lowest BCUT2D eigenvalue weighted by molar-refractivity contribution is 0.0692. The van der Waals surface area contributed by atoms with Crippen LogP contribution < -0.4 is 5.32 Å². The fourth-order valence-electron chi connectivity index (χ4n) is 1.67. The molecule has 6 heteroatoms. The van der Waals surface area contributed by atoms with Crippen molar-refractivity contribution in [2.45, 2.75) is 18.9 Å². The molecule has 0 saturated carbocycles. The quantitative estimate of drug-likeness (QED) is 0.880. The number of carbonyl (C=O) groups is 1. The highest BCUT2D eigenvalue weighted by atomic mass is 35.5. The molecule has 2 rings (SSSR count). The minimum atomic E-state index is -0.779. The van der Waals surface area contributed by atoms with E-state index in [4.69, 9.17) is 16.3 Å². The Labute approximate surface area is 103 Å². The SMILES string of the molecule is O=C(NC1CCOCC1)c1nccc(Cl)c1F.